The van der Waals surface area contributed by atoms with Gasteiger partial charge in [-0.2, -0.15) is 5.10 Å². The van der Waals surface area contributed by atoms with E-state index in [2.05, 4.69) is 32.9 Å². The van der Waals surface area contributed by atoms with Crippen molar-refractivity contribution >= 4 is 29.4 Å². The van der Waals surface area contributed by atoms with Gasteiger partial charge in [0.2, 0.25) is 0 Å². The lowest BCUT2D eigenvalue weighted by atomic mass is 9.95. The van der Waals surface area contributed by atoms with E-state index in [9.17, 15) is 14.4 Å². The van der Waals surface area contributed by atoms with Crippen LogP contribution in [0.5, 0.6) is 0 Å². The molecule has 0 saturated heterocycles. The first-order valence-corrected chi connectivity index (χ1v) is 16.4. The van der Waals surface area contributed by atoms with Crippen LogP contribution in [0.2, 0.25) is 0 Å². The summed E-state index contributed by atoms with van der Waals surface area (Å²) in [7, 11) is 1.32. The predicted octanol–water partition coefficient (Wildman–Crippen LogP) is 5.75. The first-order valence-electron chi connectivity index (χ1n) is 15.6. The number of allylic oxidation sites excluding steroid dienone is 1. The number of ether oxygens (including phenoxy) is 2. The molecule has 1 unspecified atom stereocenters. The smallest absolute Gasteiger partial charge is 0.338 e. The van der Waals surface area contributed by atoms with E-state index in [1.165, 1.54) is 23.0 Å². The van der Waals surface area contributed by atoms with Crippen LogP contribution in [-0.2, 0) is 14.3 Å². The molecule has 0 fully saturated rings. The SMILES string of the molecule is COC(=O)c1ccc(C2C(C(=O)OC(C)C)=C(C)N=c3sc(=Cc4cn(-c5ccccc5)nc4-c4c(C)cc(C)cc4C)c(=O)n32)cc1. The molecule has 9 nitrogen and oxygen atoms in total. The van der Waals surface area contributed by atoms with Crippen molar-refractivity contribution in [2.45, 2.75) is 53.7 Å². The third-order valence-corrected chi connectivity index (χ3v) is 9.18. The molecule has 0 spiro atoms. The Morgan fingerprint density at radius 3 is 2.23 bits per heavy atom. The summed E-state index contributed by atoms with van der Waals surface area (Å²) in [6.07, 6.45) is 3.41. The molecule has 1 aliphatic heterocycles. The van der Waals surface area contributed by atoms with E-state index < -0.39 is 18.0 Å². The molecular weight excluding hydrogens is 625 g/mol. The van der Waals surface area contributed by atoms with Crippen LogP contribution in [0.25, 0.3) is 23.0 Å². The molecule has 6 rings (SSSR count). The molecule has 0 bridgehead atoms. The molecule has 0 N–H and O–H groups in total. The molecule has 3 aromatic carbocycles. The van der Waals surface area contributed by atoms with Crippen molar-refractivity contribution in [3.63, 3.8) is 0 Å². The van der Waals surface area contributed by atoms with Crippen molar-refractivity contribution in [2.24, 2.45) is 4.99 Å². The number of aryl methyl sites for hydroxylation is 3. The standard InChI is InChI=1S/C38H36N4O5S/c1-21(2)47-37(45)32-25(6)39-38-42(34(32)26-13-15-27(16-14-26)36(44)46-7)35(43)30(48-38)19-28-20-41(29-11-9-8-10-12-29)40-33(28)31-23(4)17-22(3)18-24(31)5/h8-21,34H,1-7H3. The Morgan fingerprint density at radius 1 is 0.938 bits per heavy atom. The van der Waals surface area contributed by atoms with Gasteiger partial charge in [-0.15, -0.1) is 0 Å². The first kappa shape index (κ1) is 32.6. The molecule has 1 atom stereocenters. The number of rotatable bonds is 7. The van der Waals surface area contributed by atoms with Gasteiger partial charge in [-0.05, 0) is 88.6 Å². The first-order chi connectivity index (χ1) is 23.0. The number of hydrogen-bond donors (Lipinski definition) is 0. The fourth-order valence-electron chi connectivity index (χ4n) is 6.19. The van der Waals surface area contributed by atoms with Crippen molar-refractivity contribution in [1.82, 2.24) is 14.3 Å². The van der Waals surface area contributed by atoms with Gasteiger partial charge in [-0.25, -0.2) is 19.3 Å². The van der Waals surface area contributed by atoms with Crippen LogP contribution in [0.3, 0.4) is 0 Å². The second-order valence-corrected chi connectivity index (χ2v) is 13.1. The fraction of sp³-hybridized carbons (Fsp3) is 0.237. The number of aromatic nitrogens is 3. The molecule has 48 heavy (non-hydrogen) atoms. The van der Waals surface area contributed by atoms with Crippen LogP contribution < -0.4 is 14.9 Å². The maximum Gasteiger partial charge on any atom is 0.338 e. The van der Waals surface area contributed by atoms with Crippen molar-refractivity contribution < 1.29 is 19.1 Å². The molecule has 0 aliphatic carbocycles. The lowest BCUT2D eigenvalue weighted by Gasteiger charge is -2.25. The number of fused-ring (bicyclic) bond motifs is 1. The fourth-order valence-corrected chi connectivity index (χ4v) is 7.23. The van der Waals surface area contributed by atoms with E-state index in [-0.39, 0.29) is 17.2 Å². The van der Waals surface area contributed by atoms with Gasteiger partial charge >= 0.3 is 11.9 Å². The van der Waals surface area contributed by atoms with E-state index in [1.807, 2.05) is 47.3 Å². The molecule has 0 saturated carbocycles. The van der Waals surface area contributed by atoms with Crippen molar-refractivity contribution in [3.8, 4) is 16.9 Å². The Balaban J connectivity index is 1.57. The summed E-state index contributed by atoms with van der Waals surface area (Å²) in [6, 6.07) is 20.0. The highest BCUT2D eigenvalue weighted by Gasteiger charge is 2.34. The second-order valence-electron chi connectivity index (χ2n) is 12.1. The summed E-state index contributed by atoms with van der Waals surface area (Å²) in [6.45, 7) is 11.5. The molecule has 3 heterocycles. The average Bonchev–Trinajstić information content (AvgIpc) is 3.59. The van der Waals surface area contributed by atoms with E-state index >= 15 is 0 Å². The summed E-state index contributed by atoms with van der Waals surface area (Å²) < 4.78 is 14.3. The van der Waals surface area contributed by atoms with Crippen LogP contribution in [0.15, 0.2) is 94.0 Å². The Hall–Kier alpha value is -5.35. The highest BCUT2D eigenvalue weighted by atomic mass is 32.1. The number of carbonyl (C=O) groups is 2. The maximum atomic E-state index is 14.4. The van der Waals surface area contributed by atoms with Gasteiger partial charge in [0.1, 0.15) is 5.69 Å². The zero-order chi connectivity index (χ0) is 34.3. The molecule has 0 amide bonds. The minimum Gasteiger partial charge on any atom is -0.465 e. The predicted molar refractivity (Wildman–Crippen MR) is 186 cm³/mol. The third kappa shape index (κ3) is 6.06. The number of hydrogen-bond acceptors (Lipinski definition) is 8. The minimum absolute atomic E-state index is 0.261. The van der Waals surface area contributed by atoms with E-state index in [4.69, 9.17) is 19.6 Å². The monoisotopic (exact) mass is 660 g/mol. The maximum absolute atomic E-state index is 14.4. The average molecular weight is 661 g/mol. The topological polar surface area (TPSA) is 105 Å². The molecular formula is C38H36N4O5S. The summed E-state index contributed by atoms with van der Waals surface area (Å²) in [5.74, 6) is -1.04. The van der Waals surface area contributed by atoms with Gasteiger partial charge < -0.3 is 9.47 Å². The number of esters is 2. The third-order valence-electron chi connectivity index (χ3n) is 8.20. The zero-order valence-electron chi connectivity index (χ0n) is 27.9. The van der Waals surface area contributed by atoms with Gasteiger partial charge in [-0.1, -0.05) is 59.4 Å². The highest BCUT2D eigenvalue weighted by Crippen LogP contribution is 2.33. The van der Waals surface area contributed by atoms with E-state index in [0.717, 1.165) is 39.2 Å². The summed E-state index contributed by atoms with van der Waals surface area (Å²) in [4.78, 5) is 45.3. The van der Waals surface area contributed by atoms with Crippen molar-refractivity contribution in [3.05, 3.63) is 137 Å². The Kier molecular flexibility index (Phi) is 8.85. The largest absolute Gasteiger partial charge is 0.465 e. The molecule has 10 heteroatoms. The number of para-hydroxylation sites is 1. The number of thiazole rings is 1. The molecule has 244 valence electrons. The zero-order valence-corrected chi connectivity index (χ0v) is 28.7. The summed E-state index contributed by atoms with van der Waals surface area (Å²) >= 11 is 1.25. The normalized spacial score (nSPS) is 14.6. The van der Waals surface area contributed by atoms with Crippen molar-refractivity contribution in [1.29, 1.82) is 0 Å². The number of carbonyl (C=O) groups excluding carboxylic acids is 2. The van der Waals surface area contributed by atoms with Gasteiger partial charge in [0.25, 0.3) is 5.56 Å². The molecule has 1 aliphatic rings. The number of benzene rings is 3. The van der Waals surface area contributed by atoms with E-state index in [1.54, 1.807) is 45.0 Å². The quantitative estimate of drug-likeness (QED) is 0.206. The van der Waals surface area contributed by atoms with Crippen LogP contribution in [0, 0.1) is 20.8 Å². The van der Waals surface area contributed by atoms with E-state index in [0.29, 0.717) is 26.2 Å². The minimum atomic E-state index is -0.825. The highest BCUT2D eigenvalue weighted by molar-refractivity contribution is 7.07. The Morgan fingerprint density at radius 2 is 1.60 bits per heavy atom. The van der Waals surface area contributed by atoms with Gasteiger partial charge in [0.15, 0.2) is 4.80 Å². The Labute approximate surface area is 282 Å². The van der Waals surface area contributed by atoms with Crippen LogP contribution >= 0.6 is 11.3 Å². The Bertz CT molecular complexity index is 2250. The van der Waals surface area contributed by atoms with Gasteiger partial charge in [0.05, 0.1) is 46.3 Å². The second kappa shape index (κ2) is 13.0. The van der Waals surface area contributed by atoms with Crippen LogP contribution in [0.1, 0.15) is 65.0 Å². The van der Waals surface area contributed by atoms with Gasteiger partial charge in [-0.3, -0.25) is 9.36 Å². The van der Waals surface area contributed by atoms with Crippen LogP contribution in [-0.4, -0.2) is 39.5 Å². The van der Waals surface area contributed by atoms with Gasteiger partial charge in [0, 0.05) is 17.3 Å². The summed E-state index contributed by atoms with van der Waals surface area (Å²) in [5.41, 5.74) is 8.15. The molecule has 0 radical (unpaired) electrons. The number of methoxy groups -OCH3 is 1. The van der Waals surface area contributed by atoms with Crippen molar-refractivity contribution in [2.75, 3.05) is 7.11 Å². The lowest BCUT2D eigenvalue weighted by Crippen LogP contribution is -2.40. The summed E-state index contributed by atoms with van der Waals surface area (Å²) in [5, 5.41) is 5.03. The number of nitrogens with zero attached hydrogens (tertiary/aromatic N) is 4. The van der Waals surface area contributed by atoms with Crippen LogP contribution in [0.4, 0.5) is 0 Å². The molecule has 5 aromatic rings. The molecule has 2 aromatic heterocycles. The lowest BCUT2D eigenvalue weighted by molar-refractivity contribution is -0.143.